The number of aliphatic hydroxyl groups excluding tert-OH is 1. The maximum absolute atomic E-state index is 11.5. The van der Waals surface area contributed by atoms with Crippen LogP contribution in [0.25, 0.3) is 0 Å². The molecule has 3 heterocycles. The van der Waals surface area contributed by atoms with E-state index in [-0.39, 0.29) is 29.0 Å². The summed E-state index contributed by atoms with van der Waals surface area (Å²) in [5.74, 6) is 0.887. The summed E-state index contributed by atoms with van der Waals surface area (Å²) >= 11 is 4.68. The summed E-state index contributed by atoms with van der Waals surface area (Å²) in [7, 11) is 0. The maximum atomic E-state index is 11.5. The monoisotopic (exact) mass is 497 g/mol. The van der Waals surface area contributed by atoms with Crippen molar-refractivity contribution in [3.8, 4) is 11.5 Å². The Hall–Kier alpha value is -1.40. The van der Waals surface area contributed by atoms with Gasteiger partial charge in [-0.2, -0.15) is 0 Å². The van der Waals surface area contributed by atoms with E-state index in [2.05, 4.69) is 10.3 Å². The van der Waals surface area contributed by atoms with E-state index in [1.807, 2.05) is 13.8 Å². The van der Waals surface area contributed by atoms with Gasteiger partial charge in [-0.3, -0.25) is 15.3 Å². The molecule has 1 aromatic carbocycles. The zero-order valence-corrected chi connectivity index (χ0v) is 20.4. The van der Waals surface area contributed by atoms with Crippen LogP contribution >= 0.6 is 35.3 Å². The topological polar surface area (TPSA) is 135 Å². The van der Waals surface area contributed by atoms with Gasteiger partial charge in [-0.15, -0.1) is 35.3 Å². The van der Waals surface area contributed by atoms with Crippen molar-refractivity contribution in [1.29, 1.82) is 0 Å². The first kappa shape index (κ1) is 23.7. The SMILES string of the molecule is CC(C)(C1=N[C@@](C)(C(=O)O)CS1)[C@H](O)C1CSC([C@H]2CSC(c3ccc(O)cc3O)=N2)N1. The molecular formula is C21H27N3O5S3. The first-order valence-corrected chi connectivity index (χ1v) is 13.3. The number of aliphatic hydroxyl groups is 1. The van der Waals surface area contributed by atoms with Gasteiger partial charge in [0.15, 0.2) is 5.54 Å². The standard InChI is InChI=1S/C21H27N3O5S3/c1-20(2,18-24-21(3,9-32-18)19(28)29)15(27)12-7-31-17(22-12)13-8-30-16(23-13)11-5-4-10(25)6-14(11)26/h4-6,12-13,15,17,22,25-27H,7-9H2,1-3H3,(H,28,29)/t12?,13-,15-,17?,21-/m1/s1. The van der Waals surface area contributed by atoms with Crippen molar-refractivity contribution in [3.05, 3.63) is 23.8 Å². The minimum atomic E-state index is -1.15. The summed E-state index contributed by atoms with van der Waals surface area (Å²) in [4.78, 5) is 20.8. The Morgan fingerprint density at radius 2 is 2.03 bits per heavy atom. The fourth-order valence-corrected chi connectivity index (χ4v) is 7.84. The molecule has 32 heavy (non-hydrogen) atoms. The molecule has 0 spiro atoms. The van der Waals surface area contributed by atoms with Crippen LogP contribution in [0, 0.1) is 5.41 Å². The van der Waals surface area contributed by atoms with Gasteiger partial charge in [-0.1, -0.05) is 13.8 Å². The molecule has 174 valence electrons. The van der Waals surface area contributed by atoms with Crippen LogP contribution in [-0.2, 0) is 4.79 Å². The smallest absolute Gasteiger partial charge is 0.332 e. The average Bonchev–Trinajstić information content (AvgIpc) is 3.47. The molecule has 2 unspecified atom stereocenters. The van der Waals surface area contributed by atoms with Crippen molar-refractivity contribution in [2.24, 2.45) is 15.4 Å². The van der Waals surface area contributed by atoms with Crippen molar-refractivity contribution in [2.75, 3.05) is 17.3 Å². The van der Waals surface area contributed by atoms with Crippen LogP contribution in [0.3, 0.4) is 0 Å². The summed E-state index contributed by atoms with van der Waals surface area (Å²) < 4.78 is 0. The molecule has 1 saturated heterocycles. The summed E-state index contributed by atoms with van der Waals surface area (Å²) in [5.41, 5.74) is -1.22. The molecule has 0 aromatic heterocycles. The van der Waals surface area contributed by atoms with Crippen LogP contribution in [0.15, 0.2) is 28.2 Å². The van der Waals surface area contributed by atoms with Gasteiger partial charge in [0.2, 0.25) is 0 Å². The Bertz CT molecular complexity index is 985. The highest BCUT2D eigenvalue weighted by Gasteiger charge is 2.48. The average molecular weight is 498 g/mol. The summed E-state index contributed by atoms with van der Waals surface area (Å²) in [6, 6.07) is 4.31. The summed E-state index contributed by atoms with van der Waals surface area (Å²) in [6.45, 7) is 5.43. The number of thioether (sulfide) groups is 3. The van der Waals surface area contributed by atoms with E-state index in [1.54, 1.807) is 36.5 Å². The Morgan fingerprint density at radius 3 is 2.69 bits per heavy atom. The molecule has 3 aliphatic rings. The molecule has 0 saturated carbocycles. The molecular weight excluding hydrogens is 470 g/mol. The van der Waals surface area contributed by atoms with Crippen molar-refractivity contribution in [3.63, 3.8) is 0 Å². The largest absolute Gasteiger partial charge is 0.508 e. The van der Waals surface area contributed by atoms with E-state index in [9.17, 15) is 25.2 Å². The third kappa shape index (κ3) is 4.37. The van der Waals surface area contributed by atoms with Crippen molar-refractivity contribution >= 4 is 51.3 Å². The highest BCUT2D eigenvalue weighted by Crippen LogP contribution is 2.41. The van der Waals surface area contributed by atoms with Gasteiger partial charge in [-0.25, -0.2) is 4.79 Å². The van der Waals surface area contributed by atoms with Gasteiger partial charge < -0.3 is 20.4 Å². The normalized spacial score (nSPS) is 31.4. The lowest BCUT2D eigenvalue weighted by molar-refractivity contribution is -0.141. The number of aromatic hydroxyl groups is 2. The van der Waals surface area contributed by atoms with Crippen LogP contribution in [-0.4, -0.2) is 82.8 Å². The van der Waals surface area contributed by atoms with Crippen LogP contribution < -0.4 is 5.32 Å². The highest BCUT2D eigenvalue weighted by atomic mass is 32.2. The number of carbonyl (C=O) groups is 1. The second-order valence-corrected chi connectivity index (χ2v) is 12.1. The Kier molecular flexibility index (Phi) is 6.49. The molecule has 11 heteroatoms. The third-order valence-electron chi connectivity index (χ3n) is 6.04. The van der Waals surface area contributed by atoms with Crippen LogP contribution in [0.4, 0.5) is 0 Å². The first-order chi connectivity index (χ1) is 15.0. The number of hydrogen-bond donors (Lipinski definition) is 5. The van der Waals surface area contributed by atoms with E-state index >= 15 is 0 Å². The molecule has 0 amide bonds. The molecule has 3 aliphatic heterocycles. The number of aliphatic carboxylic acids is 1. The molecule has 1 aromatic rings. The predicted molar refractivity (Wildman–Crippen MR) is 131 cm³/mol. The summed E-state index contributed by atoms with van der Waals surface area (Å²) in [6.07, 6.45) is -0.735. The van der Waals surface area contributed by atoms with Gasteiger partial charge in [0.1, 0.15) is 16.5 Å². The zero-order valence-electron chi connectivity index (χ0n) is 18.0. The maximum Gasteiger partial charge on any atom is 0.332 e. The van der Waals surface area contributed by atoms with Crippen molar-refractivity contribution in [2.45, 2.75) is 49.9 Å². The number of nitrogens with one attached hydrogen (secondary N) is 1. The molecule has 0 aliphatic carbocycles. The molecule has 5 atom stereocenters. The van der Waals surface area contributed by atoms with Crippen LogP contribution in [0.5, 0.6) is 11.5 Å². The van der Waals surface area contributed by atoms with Gasteiger partial charge in [0.05, 0.1) is 22.6 Å². The van der Waals surface area contributed by atoms with E-state index in [0.29, 0.717) is 22.1 Å². The highest BCUT2D eigenvalue weighted by molar-refractivity contribution is 8.15. The quantitative estimate of drug-likeness (QED) is 0.401. The minimum absolute atomic E-state index is 0.00202. The lowest BCUT2D eigenvalue weighted by atomic mass is 9.83. The second kappa shape index (κ2) is 8.75. The molecule has 8 nitrogen and oxygen atoms in total. The number of hydrogen-bond acceptors (Lipinski definition) is 10. The van der Waals surface area contributed by atoms with Crippen molar-refractivity contribution in [1.82, 2.24) is 5.32 Å². The van der Waals surface area contributed by atoms with E-state index in [4.69, 9.17) is 4.99 Å². The Labute approximate surface area is 199 Å². The number of phenolic OH excluding ortho intramolecular Hbond substituents is 2. The fraction of sp³-hybridized carbons (Fsp3) is 0.571. The van der Waals surface area contributed by atoms with Gasteiger partial charge in [0.25, 0.3) is 0 Å². The van der Waals surface area contributed by atoms with Gasteiger partial charge in [0, 0.05) is 40.3 Å². The number of nitrogens with zero attached hydrogens (tertiary/aromatic N) is 2. The lowest BCUT2D eigenvalue weighted by Gasteiger charge is -2.34. The number of phenols is 2. The Morgan fingerprint density at radius 1 is 1.28 bits per heavy atom. The molecule has 4 rings (SSSR count). The molecule has 0 bridgehead atoms. The number of aliphatic imine (C=N–C) groups is 2. The van der Waals surface area contributed by atoms with Crippen LogP contribution in [0.2, 0.25) is 0 Å². The zero-order chi connectivity index (χ0) is 23.3. The molecule has 5 N–H and O–H groups in total. The fourth-order valence-electron chi connectivity index (χ4n) is 3.88. The molecule has 1 fully saturated rings. The van der Waals surface area contributed by atoms with Gasteiger partial charge >= 0.3 is 5.97 Å². The number of rotatable bonds is 6. The van der Waals surface area contributed by atoms with E-state index in [1.165, 1.54) is 23.9 Å². The van der Waals surface area contributed by atoms with Crippen molar-refractivity contribution < 1.29 is 25.2 Å². The van der Waals surface area contributed by atoms with Crippen LogP contribution in [0.1, 0.15) is 26.3 Å². The summed E-state index contributed by atoms with van der Waals surface area (Å²) in [5, 5.41) is 45.2. The second-order valence-electron chi connectivity index (χ2n) is 8.99. The number of carboxylic acid groups (broad SMARTS) is 1. The number of benzene rings is 1. The predicted octanol–water partition coefficient (Wildman–Crippen LogP) is 2.37. The number of carboxylic acids is 1. The van der Waals surface area contributed by atoms with Gasteiger partial charge in [-0.05, 0) is 19.1 Å². The van der Waals surface area contributed by atoms with E-state index < -0.39 is 23.0 Å². The molecule has 0 radical (unpaired) electrons. The minimum Gasteiger partial charge on any atom is -0.508 e. The first-order valence-electron chi connectivity index (χ1n) is 10.3. The van der Waals surface area contributed by atoms with E-state index in [0.717, 1.165) is 10.8 Å². The Balaban J connectivity index is 1.43. The third-order valence-corrected chi connectivity index (χ3v) is 10.1. The lowest BCUT2D eigenvalue weighted by Crippen LogP contribution is -2.51.